The van der Waals surface area contributed by atoms with Gasteiger partial charge in [0.1, 0.15) is 6.04 Å². The van der Waals surface area contributed by atoms with Crippen molar-refractivity contribution in [1.82, 2.24) is 29.9 Å². The van der Waals surface area contributed by atoms with Crippen LogP contribution >= 0.6 is 0 Å². The van der Waals surface area contributed by atoms with E-state index in [2.05, 4.69) is 15.2 Å². The molecule has 0 aromatic carbocycles. The fraction of sp³-hybridized carbons (Fsp3) is 0.680. The van der Waals surface area contributed by atoms with Crippen LogP contribution in [0.4, 0.5) is 0 Å². The minimum absolute atomic E-state index is 0.0311. The van der Waals surface area contributed by atoms with Crippen molar-refractivity contribution < 1.29 is 19.1 Å². The number of rotatable bonds is 7. The molecule has 35 heavy (non-hydrogen) atoms. The maximum absolute atomic E-state index is 13.6. The third kappa shape index (κ3) is 6.17. The molecule has 4 rings (SSSR count). The van der Waals surface area contributed by atoms with Gasteiger partial charge in [-0.25, -0.2) is 0 Å². The van der Waals surface area contributed by atoms with Gasteiger partial charge in [-0.15, -0.1) is 0 Å². The summed E-state index contributed by atoms with van der Waals surface area (Å²) in [5.41, 5.74) is 0.460. The Balaban J connectivity index is 1.55. The Morgan fingerprint density at radius 2 is 1.91 bits per heavy atom. The van der Waals surface area contributed by atoms with E-state index < -0.39 is 6.04 Å². The Kier molecular flexibility index (Phi) is 8.69. The summed E-state index contributed by atoms with van der Waals surface area (Å²) in [6.45, 7) is 11.3. The molecule has 0 radical (unpaired) electrons. The lowest BCUT2D eigenvalue weighted by atomic mass is 10.1. The van der Waals surface area contributed by atoms with Crippen molar-refractivity contribution in [2.75, 3.05) is 72.1 Å². The Morgan fingerprint density at radius 3 is 2.57 bits per heavy atom. The van der Waals surface area contributed by atoms with E-state index in [0.29, 0.717) is 51.4 Å². The average molecular weight is 487 g/mol. The van der Waals surface area contributed by atoms with Crippen molar-refractivity contribution in [1.29, 1.82) is 0 Å². The van der Waals surface area contributed by atoms with E-state index >= 15 is 0 Å². The van der Waals surface area contributed by atoms with Crippen LogP contribution in [0.1, 0.15) is 30.6 Å². The van der Waals surface area contributed by atoms with Crippen molar-refractivity contribution >= 4 is 17.7 Å². The van der Waals surface area contributed by atoms with Crippen LogP contribution in [0.3, 0.4) is 0 Å². The number of aromatic nitrogens is 1. The molecule has 3 amide bonds. The summed E-state index contributed by atoms with van der Waals surface area (Å²) in [7, 11) is 0. The molecule has 0 aliphatic carbocycles. The van der Waals surface area contributed by atoms with E-state index in [4.69, 9.17) is 4.74 Å². The molecule has 1 N–H and O–H groups in total. The van der Waals surface area contributed by atoms with Crippen LogP contribution in [-0.2, 0) is 14.3 Å². The van der Waals surface area contributed by atoms with Gasteiger partial charge in [-0.2, -0.15) is 0 Å². The van der Waals surface area contributed by atoms with Gasteiger partial charge in [0.05, 0.1) is 24.8 Å². The molecule has 3 aliphatic heterocycles. The second-order valence-electron chi connectivity index (χ2n) is 9.82. The third-order valence-electron chi connectivity index (χ3n) is 7.14. The molecule has 1 aromatic heterocycles. The van der Waals surface area contributed by atoms with Gasteiger partial charge in [-0.05, 0) is 18.6 Å². The number of hydrogen-bond donors (Lipinski definition) is 1. The zero-order valence-electron chi connectivity index (χ0n) is 20.9. The maximum Gasteiger partial charge on any atom is 0.256 e. The second-order valence-corrected chi connectivity index (χ2v) is 9.82. The molecule has 1 aromatic rings. The smallest absolute Gasteiger partial charge is 0.256 e. The van der Waals surface area contributed by atoms with Gasteiger partial charge in [0, 0.05) is 77.2 Å². The number of pyridine rings is 1. The van der Waals surface area contributed by atoms with Crippen molar-refractivity contribution in [2.45, 2.75) is 32.4 Å². The van der Waals surface area contributed by atoms with Gasteiger partial charge >= 0.3 is 0 Å². The molecule has 10 heteroatoms. The van der Waals surface area contributed by atoms with Crippen LogP contribution in [0, 0.1) is 5.92 Å². The Morgan fingerprint density at radius 1 is 1.17 bits per heavy atom. The largest absolute Gasteiger partial charge is 0.379 e. The molecule has 0 spiro atoms. The zero-order valence-corrected chi connectivity index (χ0v) is 20.9. The first kappa shape index (κ1) is 25.5. The molecular weight excluding hydrogens is 448 g/mol. The van der Waals surface area contributed by atoms with E-state index in [1.807, 2.05) is 23.6 Å². The molecule has 3 aliphatic rings. The third-order valence-corrected chi connectivity index (χ3v) is 7.14. The van der Waals surface area contributed by atoms with Crippen LogP contribution in [0.15, 0.2) is 24.5 Å². The van der Waals surface area contributed by atoms with Gasteiger partial charge in [0.2, 0.25) is 11.8 Å². The van der Waals surface area contributed by atoms with E-state index in [1.54, 1.807) is 23.2 Å². The van der Waals surface area contributed by atoms with Crippen LogP contribution < -0.4 is 5.32 Å². The zero-order chi connectivity index (χ0) is 24.8. The number of likely N-dealkylation sites (tertiary alicyclic amines) is 1. The van der Waals surface area contributed by atoms with Crippen LogP contribution in [-0.4, -0.2) is 127 Å². The molecule has 4 heterocycles. The van der Waals surface area contributed by atoms with Gasteiger partial charge < -0.3 is 24.8 Å². The first-order valence-corrected chi connectivity index (χ1v) is 12.8. The van der Waals surface area contributed by atoms with Crippen molar-refractivity contribution in [2.24, 2.45) is 5.92 Å². The Hall–Kier alpha value is -2.56. The first-order chi connectivity index (χ1) is 17.0. The van der Waals surface area contributed by atoms with Crippen LogP contribution in [0.2, 0.25) is 0 Å². The molecule has 0 bridgehead atoms. The number of ether oxygens (including phenoxy) is 1. The van der Waals surface area contributed by atoms with Crippen molar-refractivity contribution in [3.8, 4) is 0 Å². The van der Waals surface area contributed by atoms with E-state index in [9.17, 15) is 14.4 Å². The number of carbonyl (C=O) groups excluding carboxylic acids is 3. The highest BCUT2D eigenvalue weighted by atomic mass is 16.5. The van der Waals surface area contributed by atoms with E-state index in [1.165, 1.54) is 6.20 Å². The summed E-state index contributed by atoms with van der Waals surface area (Å²) >= 11 is 0. The Labute approximate surface area is 207 Å². The molecule has 3 saturated heterocycles. The fourth-order valence-electron chi connectivity index (χ4n) is 5.13. The van der Waals surface area contributed by atoms with Gasteiger partial charge in [0.25, 0.3) is 5.91 Å². The molecular formula is C25H38N6O4. The molecule has 10 nitrogen and oxygen atoms in total. The molecule has 0 saturated carbocycles. The highest BCUT2D eigenvalue weighted by molar-refractivity contribution is 5.98. The number of carbonyl (C=O) groups is 3. The number of hydrogen-bond acceptors (Lipinski definition) is 7. The minimum Gasteiger partial charge on any atom is -0.379 e. The lowest BCUT2D eigenvalue weighted by Crippen LogP contribution is -2.53. The first-order valence-electron chi connectivity index (χ1n) is 12.8. The predicted octanol–water partition coefficient (Wildman–Crippen LogP) is -0.0867. The van der Waals surface area contributed by atoms with Crippen LogP contribution in [0.25, 0.3) is 0 Å². The standard InChI is InChI=1S/C25H38N6O4/c1-19(2)23(32)30(11-10-28-12-14-35-15-13-28)21-16-22(25(34)29-8-6-26-7-9-29)31(18-21)24(33)20-4-3-5-27-17-20/h3-5,17,19,21-22,26H,6-16,18H2,1-2H3. The Bertz CT molecular complexity index is 870. The van der Waals surface area contributed by atoms with Crippen LogP contribution in [0.5, 0.6) is 0 Å². The van der Waals surface area contributed by atoms with Crippen molar-refractivity contribution in [3.63, 3.8) is 0 Å². The maximum atomic E-state index is 13.6. The highest BCUT2D eigenvalue weighted by Gasteiger charge is 2.45. The molecule has 192 valence electrons. The normalized spacial score (nSPS) is 23.5. The number of amides is 3. The number of nitrogens with one attached hydrogen (secondary N) is 1. The lowest BCUT2D eigenvalue weighted by molar-refractivity contribution is -0.138. The highest BCUT2D eigenvalue weighted by Crippen LogP contribution is 2.27. The lowest BCUT2D eigenvalue weighted by Gasteiger charge is -2.34. The van der Waals surface area contributed by atoms with E-state index in [-0.39, 0.29) is 29.7 Å². The van der Waals surface area contributed by atoms with E-state index in [0.717, 1.165) is 32.7 Å². The molecule has 2 atom stereocenters. The number of morpholine rings is 1. The quantitative estimate of drug-likeness (QED) is 0.575. The molecule has 3 fully saturated rings. The molecule has 2 unspecified atom stereocenters. The topological polar surface area (TPSA) is 98.3 Å². The SMILES string of the molecule is CC(C)C(=O)N(CCN1CCOCC1)C1CC(C(=O)N2CCNCC2)N(C(=O)c2cccnc2)C1. The predicted molar refractivity (Wildman–Crippen MR) is 131 cm³/mol. The number of nitrogens with zero attached hydrogens (tertiary/aromatic N) is 5. The summed E-state index contributed by atoms with van der Waals surface area (Å²) in [5.74, 6) is -0.340. The fourth-order valence-corrected chi connectivity index (χ4v) is 5.13. The summed E-state index contributed by atoms with van der Waals surface area (Å²) < 4.78 is 5.45. The summed E-state index contributed by atoms with van der Waals surface area (Å²) in [6.07, 6.45) is 3.62. The summed E-state index contributed by atoms with van der Waals surface area (Å²) in [5, 5.41) is 3.27. The second kappa shape index (κ2) is 11.9. The summed E-state index contributed by atoms with van der Waals surface area (Å²) in [4.78, 5) is 52.2. The minimum atomic E-state index is -0.586. The van der Waals surface area contributed by atoms with Gasteiger partial charge in [-0.3, -0.25) is 24.3 Å². The van der Waals surface area contributed by atoms with Gasteiger partial charge in [-0.1, -0.05) is 13.8 Å². The summed E-state index contributed by atoms with van der Waals surface area (Å²) in [6, 6.07) is 2.66. The number of piperazine rings is 1. The van der Waals surface area contributed by atoms with Crippen molar-refractivity contribution in [3.05, 3.63) is 30.1 Å². The monoisotopic (exact) mass is 486 g/mol. The average Bonchev–Trinajstić information content (AvgIpc) is 3.34. The van der Waals surface area contributed by atoms with Gasteiger partial charge in [0.15, 0.2) is 0 Å².